The summed E-state index contributed by atoms with van der Waals surface area (Å²) in [6.45, 7) is 11.0. The number of hydrogen-bond acceptors (Lipinski definition) is 8. The third-order valence-corrected chi connectivity index (χ3v) is 6.37. The van der Waals surface area contributed by atoms with E-state index in [1.165, 1.54) is 18.2 Å². The lowest BCUT2D eigenvalue weighted by Gasteiger charge is -2.30. The van der Waals surface area contributed by atoms with Crippen LogP contribution in [0.1, 0.15) is 25.8 Å². The van der Waals surface area contributed by atoms with Crippen molar-refractivity contribution in [2.45, 2.75) is 45.5 Å². The first-order valence-corrected chi connectivity index (χ1v) is 12.0. The number of amides is 1. The summed E-state index contributed by atoms with van der Waals surface area (Å²) in [6.07, 6.45) is 1.91. The number of nitrogens with zero attached hydrogens (tertiary/aromatic N) is 5. The molecule has 1 saturated heterocycles. The van der Waals surface area contributed by atoms with Gasteiger partial charge >= 0.3 is 0 Å². The Balaban J connectivity index is 1.70. The van der Waals surface area contributed by atoms with E-state index in [1.807, 2.05) is 26.8 Å². The lowest BCUT2D eigenvalue weighted by Crippen LogP contribution is -2.37. The predicted molar refractivity (Wildman–Crippen MR) is 143 cm³/mol. The molecule has 2 aliphatic heterocycles. The van der Waals surface area contributed by atoms with Gasteiger partial charge in [-0.15, -0.1) is 0 Å². The van der Waals surface area contributed by atoms with Crippen molar-refractivity contribution < 1.29 is 18.7 Å². The maximum Gasteiger partial charge on any atom is 0.276 e. The van der Waals surface area contributed by atoms with Gasteiger partial charge in [-0.1, -0.05) is 6.07 Å². The number of aliphatic hydroxyl groups excluding tert-OH is 1. The van der Waals surface area contributed by atoms with Crippen LogP contribution in [-0.2, 0) is 4.79 Å². The van der Waals surface area contributed by atoms with Gasteiger partial charge in [0.05, 0.1) is 17.1 Å². The second-order valence-electron chi connectivity index (χ2n) is 9.31. The molecule has 196 valence electrons. The number of rotatable bonds is 7. The molecular weight excluding hydrogens is 480 g/mol. The standard InChI is InChI=1S/C26H31F2N7O2/c1-15(2)34(30-4)22-10-8-20(24(16(22)3)33-13-12-17(29)14-33)31-26(37)21-9-11-23(36)35(32-21)25-18(27)6-5-7-19(25)28/h5-11,15,17,23,36H,4,12-14,29H2,1-3H3,(H,31,37)/t17-,23?/m1/s1. The molecule has 0 aromatic heterocycles. The van der Waals surface area contributed by atoms with Gasteiger partial charge in [-0.05, 0) is 69.2 Å². The summed E-state index contributed by atoms with van der Waals surface area (Å²) in [6, 6.07) is 6.99. The van der Waals surface area contributed by atoms with Crippen LogP contribution >= 0.6 is 0 Å². The summed E-state index contributed by atoms with van der Waals surface area (Å²) in [5.41, 5.74) is 8.55. The second kappa shape index (κ2) is 10.7. The van der Waals surface area contributed by atoms with Crippen molar-refractivity contribution in [3.63, 3.8) is 0 Å². The molecule has 9 nitrogen and oxygen atoms in total. The first-order chi connectivity index (χ1) is 17.6. The Kier molecular flexibility index (Phi) is 7.55. The third kappa shape index (κ3) is 5.18. The lowest BCUT2D eigenvalue weighted by molar-refractivity contribution is -0.110. The molecular formula is C26H31F2N7O2. The van der Waals surface area contributed by atoms with Crippen molar-refractivity contribution in [1.29, 1.82) is 0 Å². The molecule has 2 aromatic carbocycles. The Bertz CT molecular complexity index is 1240. The summed E-state index contributed by atoms with van der Waals surface area (Å²) in [4.78, 5) is 15.4. The maximum atomic E-state index is 14.4. The van der Waals surface area contributed by atoms with Crippen molar-refractivity contribution in [3.8, 4) is 0 Å². The van der Waals surface area contributed by atoms with Crippen LogP contribution < -0.4 is 26.0 Å². The number of halogens is 2. The van der Waals surface area contributed by atoms with Crippen LogP contribution in [0, 0.1) is 18.6 Å². The molecule has 4 rings (SSSR count). The maximum absolute atomic E-state index is 14.4. The molecule has 2 atom stereocenters. The highest BCUT2D eigenvalue weighted by atomic mass is 19.1. The average molecular weight is 512 g/mol. The zero-order valence-electron chi connectivity index (χ0n) is 21.0. The van der Waals surface area contributed by atoms with Crippen molar-refractivity contribution in [1.82, 2.24) is 0 Å². The van der Waals surface area contributed by atoms with Gasteiger partial charge in [0, 0.05) is 31.9 Å². The Labute approximate surface area is 214 Å². The number of nitrogens with two attached hydrogens (primary N) is 1. The zero-order chi connectivity index (χ0) is 26.9. The monoisotopic (exact) mass is 511 g/mol. The van der Waals surface area contributed by atoms with E-state index in [-0.39, 0.29) is 17.8 Å². The Hall–Kier alpha value is -3.83. The van der Waals surface area contributed by atoms with Crippen LogP contribution in [0.5, 0.6) is 0 Å². The Morgan fingerprint density at radius 3 is 2.57 bits per heavy atom. The summed E-state index contributed by atoms with van der Waals surface area (Å²) in [7, 11) is 0. The number of nitrogens with one attached hydrogen (secondary N) is 1. The topological polar surface area (TPSA) is 110 Å². The van der Waals surface area contributed by atoms with Crippen molar-refractivity contribution in [3.05, 3.63) is 59.7 Å². The van der Waals surface area contributed by atoms with Gasteiger partial charge in [0.1, 0.15) is 11.4 Å². The SMILES string of the molecule is C=NN(c1ccc(NC(=O)C2=NN(c3c(F)cccc3F)C(O)C=C2)c(N2CC[C@@H](N)C2)c1C)C(C)C. The summed E-state index contributed by atoms with van der Waals surface area (Å²) < 4.78 is 28.7. The van der Waals surface area contributed by atoms with E-state index in [0.29, 0.717) is 18.8 Å². The van der Waals surface area contributed by atoms with Crippen molar-refractivity contribution in [2.24, 2.45) is 15.9 Å². The van der Waals surface area contributed by atoms with E-state index in [0.717, 1.165) is 40.5 Å². The number of aliphatic hydroxyl groups is 1. The molecule has 2 heterocycles. The van der Waals surface area contributed by atoms with Crippen molar-refractivity contribution >= 4 is 41.1 Å². The Morgan fingerprint density at radius 1 is 1.27 bits per heavy atom. The molecule has 37 heavy (non-hydrogen) atoms. The summed E-state index contributed by atoms with van der Waals surface area (Å²) in [5, 5.41) is 23.9. The molecule has 1 fully saturated rings. The highest BCUT2D eigenvalue weighted by Gasteiger charge is 2.29. The third-order valence-electron chi connectivity index (χ3n) is 6.37. The smallest absolute Gasteiger partial charge is 0.276 e. The van der Waals surface area contributed by atoms with E-state index in [9.17, 15) is 18.7 Å². The number of benzene rings is 2. The average Bonchev–Trinajstić information content (AvgIpc) is 3.27. The van der Waals surface area contributed by atoms with E-state index in [4.69, 9.17) is 5.73 Å². The molecule has 0 saturated carbocycles. The van der Waals surface area contributed by atoms with Gasteiger partial charge in [0.15, 0.2) is 17.9 Å². The van der Waals surface area contributed by atoms with Crippen LogP contribution in [0.3, 0.4) is 0 Å². The first kappa shape index (κ1) is 26.2. The molecule has 4 N–H and O–H groups in total. The Morgan fingerprint density at radius 2 is 1.97 bits per heavy atom. The summed E-state index contributed by atoms with van der Waals surface area (Å²) >= 11 is 0. The van der Waals surface area contributed by atoms with Crippen LogP contribution in [0.15, 0.2) is 52.7 Å². The number of hydrazone groups is 2. The number of carbonyl (C=O) groups is 1. The first-order valence-electron chi connectivity index (χ1n) is 12.0. The van der Waals surface area contributed by atoms with Crippen LogP contribution in [0.2, 0.25) is 0 Å². The fourth-order valence-corrected chi connectivity index (χ4v) is 4.62. The van der Waals surface area contributed by atoms with Crippen LogP contribution in [0.25, 0.3) is 0 Å². The van der Waals surface area contributed by atoms with Gasteiger partial charge in [-0.2, -0.15) is 10.2 Å². The number of hydrogen-bond donors (Lipinski definition) is 3. The zero-order valence-corrected chi connectivity index (χ0v) is 21.0. The van der Waals surface area contributed by atoms with Crippen molar-refractivity contribution in [2.75, 3.05) is 33.3 Å². The summed E-state index contributed by atoms with van der Waals surface area (Å²) in [5.74, 6) is -2.44. The van der Waals surface area contributed by atoms with Crippen LogP contribution in [-0.4, -0.2) is 54.8 Å². The van der Waals surface area contributed by atoms with Gasteiger partial charge in [-0.25, -0.2) is 13.8 Å². The van der Waals surface area contributed by atoms with Gasteiger partial charge in [0.2, 0.25) is 0 Å². The fraction of sp³-hybridized carbons (Fsp3) is 0.346. The minimum atomic E-state index is -1.44. The van der Waals surface area contributed by atoms with Crippen LogP contribution in [0.4, 0.5) is 31.5 Å². The minimum Gasteiger partial charge on any atom is -0.368 e. The molecule has 0 radical (unpaired) electrons. The fourth-order valence-electron chi connectivity index (χ4n) is 4.62. The molecule has 1 unspecified atom stereocenters. The molecule has 2 aromatic rings. The molecule has 0 spiro atoms. The minimum absolute atomic E-state index is 0.00158. The highest BCUT2D eigenvalue weighted by molar-refractivity contribution is 6.47. The lowest BCUT2D eigenvalue weighted by atomic mass is 10.1. The molecule has 0 aliphatic carbocycles. The number of carbonyl (C=O) groups excluding carboxylic acids is 1. The normalized spacial score (nSPS) is 19.3. The van der Waals surface area contributed by atoms with E-state index in [1.54, 1.807) is 11.1 Å². The molecule has 11 heteroatoms. The molecule has 0 bridgehead atoms. The molecule has 1 amide bonds. The second-order valence-corrected chi connectivity index (χ2v) is 9.31. The number of anilines is 4. The molecule has 2 aliphatic rings. The predicted octanol–water partition coefficient (Wildman–Crippen LogP) is 3.33. The highest BCUT2D eigenvalue weighted by Crippen LogP contribution is 2.39. The number of para-hydroxylation sites is 1. The van der Waals surface area contributed by atoms with E-state index >= 15 is 0 Å². The largest absolute Gasteiger partial charge is 0.368 e. The van der Waals surface area contributed by atoms with Gasteiger partial charge in [-0.3, -0.25) is 9.80 Å². The van der Waals surface area contributed by atoms with Gasteiger partial charge in [0.25, 0.3) is 5.91 Å². The van der Waals surface area contributed by atoms with Gasteiger partial charge < -0.3 is 21.1 Å². The van der Waals surface area contributed by atoms with E-state index in [2.05, 4.69) is 27.1 Å². The quantitative estimate of drug-likeness (QED) is 0.389. The van der Waals surface area contributed by atoms with E-state index < -0.39 is 29.5 Å².